The van der Waals surface area contributed by atoms with Crippen molar-refractivity contribution in [3.8, 4) is 5.75 Å². The van der Waals surface area contributed by atoms with Crippen LogP contribution in [0.1, 0.15) is 43.0 Å². The van der Waals surface area contributed by atoms with E-state index in [4.69, 9.17) is 4.74 Å². The molecule has 0 aromatic heterocycles. The zero-order valence-corrected chi connectivity index (χ0v) is 14.8. The molecule has 0 atom stereocenters. The van der Waals surface area contributed by atoms with Crippen LogP contribution < -0.4 is 10.1 Å². The minimum Gasteiger partial charge on any atom is -0.490 e. The minimum absolute atomic E-state index is 0.110. The number of hydrogen-bond donors (Lipinski definition) is 1. The van der Waals surface area contributed by atoms with Crippen molar-refractivity contribution in [2.75, 3.05) is 19.6 Å². The summed E-state index contributed by atoms with van der Waals surface area (Å²) in [5.74, 6) is 1.27. The maximum atomic E-state index is 12.1. The van der Waals surface area contributed by atoms with Gasteiger partial charge in [0, 0.05) is 44.0 Å². The average molecular weight is 342 g/mol. The Labute approximate surface area is 149 Å². The number of rotatable bonds is 6. The largest absolute Gasteiger partial charge is 0.490 e. The highest BCUT2D eigenvalue weighted by atomic mass is 16.5. The Hall–Kier alpha value is -2.30. The third-order valence-electron chi connectivity index (χ3n) is 4.65. The number of ether oxygens (including phenoxy) is 1. The number of nitrogens with one attached hydrogen (secondary N) is 1. The Morgan fingerprint density at radius 1 is 1.16 bits per heavy atom. The van der Waals surface area contributed by atoms with E-state index in [-0.39, 0.29) is 12.0 Å². The van der Waals surface area contributed by atoms with E-state index in [2.05, 4.69) is 11.9 Å². The molecular formula is C20H26N2O3. The van der Waals surface area contributed by atoms with E-state index in [0.717, 1.165) is 50.1 Å². The maximum absolute atomic E-state index is 12.1. The van der Waals surface area contributed by atoms with Crippen molar-refractivity contribution in [2.45, 2.75) is 38.7 Å². The number of benzene rings is 1. The highest BCUT2D eigenvalue weighted by Crippen LogP contribution is 2.32. The van der Waals surface area contributed by atoms with E-state index in [9.17, 15) is 9.59 Å². The van der Waals surface area contributed by atoms with Gasteiger partial charge in [0.25, 0.3) is 5.91 Å². The molecule has 1 aliphatic carbocycles. The first kappa shape index (κ1) is 17.5. The summed E-state index contributed by atoms with van der Waals surface area (Å²) in [6, 6.07) is 7.21. The molecule has 2 aliphatic rings. The summed E-state index contributed by atoms with van der Waals surface area (Å²) < 4.78 is 6.01. The van der Waals surface area contributed by atoms with Crippen molar-refractivity contribution in [2.24, 2.45) is 5.92 Å². The summed E-state index contributed by atoms with van der Waals surface area (Å²) in [4.78, 5) is 26.0. The van der Waals surface area contributed by atoms with Crippen molar-refractivity contribution in [1.82, 2.24) is 10.2 Å². The van der Waals surface area contributed by atoms with Gasteiger partial charge in [-0.1, -0.05) is 12.2 Å². The van der Waals surface area contributed by atoms with Gasteiger partial charge < -0.3 is 15.0 Å². The van der Waals surface area contributed by atoms with E-state index in [1.54, 1.807) is 12.1 Å². The summed E-state index contributed by atoms with van der Waals surface area (Å²) in [5.41, 5.74) is 1.53. The number of carbonyl (C=O) groups is 2. The lowest BCUT2D eigenvalue weighted by Gasteiger charge is -2.32. The molecule has 1 aromatic carbocycles. The van der Waals surface area contributed by atoms with Gasteiger partial charge in [-0.05, 0) is 44.0 Å². The molecule has 25 heavy (non-hydrogen) atoms. The second kappa shape index (κ2) is 7.72. The maximum Gasteiger partial charge on any atom is 0.251 e. The van der Waals surface area contributed by atoms with Crippen LogP contribution in [0, 0.1) is 5.92 Å². The van der Waals surface area contributed by atoms with E-state index in [1.807, 2.05) is 24.0 Å². The normalized spacial score (nSPS) is 17.9. The number of likely N-dealkylation sites (tertiary alicyclic amines) is 1. The van der Waals surface area contributed by atoms with Crippen LogP contribution in [0.3, 0.4) is 0 Å². The van der Waals surface area contributed by atoms with E-state index in [0.29, 0.717) is 23.9 Å². The molecule has 1 saturated heterocycles. The van der Waals surface area contributed by atoms with Crippen molar-refractivity contribution < 1.29 is 14.3 Å². The Morgan fingerprint density at radius 3 is 2.36 bits per heavy atom. The lowest BCUT2D eigenvalue weighted by molar-refractivity contribution is -0.134. The molecule has 0 bridgehead atoms. The van der Waals surface area contributed by atoms with E-state index >= 15 is 0 Å². The molecule has 0 radical (unpaired) electrons. The third-order valence-corrected chi connectivity index (χ3v) is 4.65. The van der Waals surface area contributed by atoms with Gasteiger partial charge >= 0.3 is 0 Å². The Balaban J connectivity index is 1.46. The lowest BCUT2D eigenvalue weighted by atomic mass is 10.1. The number of carbonyl (C=O) groups excluding carboxylic acids is 2. The Kier molecular flexibility index (Phi) is 5.41. The first-order valence-electron chi connectivity index (χ1n) is 9.01. The number of amides is 2. The van der Waals surface area contributed by atoms with Crippen molar-refractivity contribution >= 4 is 11.8 Å². The summed E-state index contributed by atoms with van der Waals surface area (Å²) in [6.45, 7) is 7.69. The van der Waals surface area contributed by atoms with Crippen LogP contribution in [0.25, 0.3) is 0 Å². The zero-order valence-electron chi connectivity index (χ0n) is 14.8. The summed E-state index contributed by atoms with van der Waals surface area (Å²) in [6.07, 6.45) is 3.97. The van der Waals surface area contributed by atoms with Crippen LogP contribution in [-0.4, -0.2) is 42.5 Å². The topological polar surface area (TPSA) is 58.6 Å². The van der Waals surface area contributed by atoms with Gasteiger partial charge in [0.2, 0.25) is 5.91 Å². The van der Waals surface area contributed by atoms with Crippen LogP contribution in [0.4, 0.5) is 0 Å². The standard InChI is InChI=1S/C20H26N2O3/c1-14(2)13-21-19(23)15-5-7-17(8-6-15)25-18-9-11-22(12-10-18)20(24)16-3-4-16/h5-8,16,18H,1,3-4,9-13H2,2H3,(H,21,23). The minimum atomic E-state index is -0.110. The molecule has 0 unspecified atom stereocenters. The molecule has 5 nitrogen and oxygen atoms in total. The molecule has 1 saturated carbocycles. The quantitative estimate of drug-likeness (QED) is 0.809. The van der Waals surface area contributed by atoms with Crippen molar-refractivity contribution in [3.63, 3.8) is 0 Å². The zero-order chi connectivity index (χ0) is 17.8. The fraction of sp³-hybridized carbons (Fsp3) is 0.500. The molecule has 2 amide bonds. The molecular weight excluding hydrogens is 316 g/mol. The summed E-state index contributed by atoms with van der Waals surface area (Å²) >= 11 is 0. The SMILES string of the molecule is C=C(C)CNC(=O)c1ccc(OC2CCN(C(=O)C3CC3)CC2)cc1. The summed E-state index contributed by atoms with van der Waals surface area (Å²) in [7, 11) is 0. The fourth-order valence-corrected chi connectivity index (χ4v) is 2.99. The molecule has 0 spiro atoms. The van der Waals surface area contributed by atoms with Gasteiger partial charge in [0.15, 0.2) is 0 Å². The Morgan fingerprint density at radius 2 is 1.80 bits per heavy atom. The van der Waals surface area contributed by atoms with Gasteiger partial charge in [0.1, 0.15) is 11.9 Å². The second-order valence-corrected chi connectivity index (χ2v) is 7.08. The third kappa shape index (κ3) is 4.84. The monoisotopic (exact) mass is 342 g/mol. The molecule has 5 heteroatoms. The van der Waals surface area contributed by atoms with Crippen LogP contribution in [-0.2, 0) is 4.79 Å². The smallest absolute Gasteiger partial charge is 0.251 e. The average Bonchev–Trinajstić information content (AvgIpc) is 3.45. The predicted molar refractivity (Wildman–Crippen MR) is 96.5 cm³/mol. The predicted octanol–water partition coefficient (Wildman–Crippen LogP) is 2.77. The first-order chi connectivity index (χ1) is 12.0. The highest BCUT2D eigenvalue weighted by molar-refractivity contribution is 5.94. The molecule has 1 aromatic rings. The lowest BCUT2D eigenvalue weighted by Crippen LogP contribution is -2.42. The molecule has 1 N–H and O–H groups in total. The van der Waals surface area contributed by atoms with Crippen LogP contribution in [0.15, 0.2) is 36.4 Å². The number of hydrogen-bond acceptors (Lipinski definition) is 3. The van der Waals surface area contributed by atoms with Crippen molar-refractivity contribution in [3.05, 3.63) is 42.0 Å². The van der Waals surface area contributed by atoms with E-state index < -0.39 is 0 Å². The van der Waals surface area contributed by atoms with Crippen molar-refractivity contribution in [1.29, 1.82) is 0 Å². The molecule has 1 aliphatic heterocycles. The van der Waals surface area contributed by atoms with Crippen LogP contribution >= 0.6 is 0 Å². The van der Waals surface area contributed by atoms with Gasteiger partial charge in [-0.25, -0.2) is 0 Å². The number of nitrogens with zero attached hydrogens (tertiary/aromatic N) is 1. The molecule has 2 fully saturated rings. The highest BCUT2D eigenvalue weighted by Gasteiger charge is 2.35. The first-order valence-corrected chi connectivity index (χ1v) is 9.01. The van der Waals surface area contributed by atoms with Crippen LogP contribution in [0.2, 0.25) is 0 Å². The fourth-order valence-electron chi connectivity index (χ4n) is 2.99. The van der Waals surface area contributed by atoms with E-state index in [1.165, 1.54) is 0 Å². The Bertz CT molecular complexity index is 641. The molecule has 134 valence electrons. The second-order valence-electron chi connectivity index (χ2n) is 7.08. The summed E-state index contributed by atoms with van der Waals surface area (Å²) in [5, 5.41) is 2.81. The molecule has 1 heterocycles. The number of piperidine rings is 1. The van der Waals surface area contributed by atoms with Gasteiger partial charge in [-0.15, -0.1) is 0 Å². The van der Waals surface area contributed by atoms with Gasteiger partial charge in [0.05, 0.1) is 0 Å². The molecule has 3 rings (SSSR count). The van der Waals surface area contributed by atoms with Crippen LogP contribution in [0.5, 0.6) is 5.75 Å². The van der Waals surface area contributed by atoms with Gasteiger partial charge in [-0.3, -0.25) is 9.59 Å². The van der Waals surface area contributed by atoms with Gasteiger partial charge in [-0.2, -0.15) is 0 Å².